The van der Waals surface area contributed by atoms with Gasteiger partial charge >= 0.3 is 0 Å². The van der Waals surface area contributed by atoms with Crippen molar-refractivity contribution in [2.45, 2.75) is 40.3 Å². The number of nitrogens with zero attached hydrogens (tertiary/aromatic N) is 2. The molecule has 1 aromatic carbocycles. The maximum atomic E-state index is 6.44. The lowest BCUT2D eigenvalue weighted by Gasteiger charge is -2.15. The molecule has 1 unspecified atom stereocenters. The molecule has 2 aromatic rings. The Morgan fingerprint density at radius 1 is 1.35 bits per heavy atom. The van der Waals surface area contributed by atoms with Crippen LogP contribution in [0.5, 0.6) is 0 Å². The molecule has 4 heteroatoms. The van der Waals surface area contributed by atoms with Crippen LogP contribution in [0, 0.1) is 6.92 Å². The first kappa shape index (κ1) is 15.1. The van der Waals surface area contributed by atoms with Crippen LogP contribution in [0.3, 0.4) is 0 Å². The van der Waals surface area contributed by atoms with E-state index >= 15 is 0 Å². The van der Waals surface area contributed by atoms with Gasteiger partial charge in [0, 0.05) is 29.4 Å². The molecular weight excluding hydrogens is 270 g/mol. The molecule has 0 aliphatic heterocycles. The minimum Gasteiger partial charge on any atom is -0.310 e. The number of aryl methyl sites for hydroxylation is 2. The highest BCUT2D eigenvalue weighted by atomic mass is 35.5. The van der Waals surface area contributed by atoms with E-state index in [9.17, 15) is 0 Å². The second kappa shape index (κ2) is 6.42. The molecule has 1 aromatic heterocycles. The monoisotopic (exact) mass is 291 g/mol. The lowest BCUT2D eigenvalue weighted by molar-refractivity contribution is 0.598. The van der Waals surface area contributed by atoms with Crippen molar-refractivity contribution in [1.82, 2.24) is 15.1 Å². The molecule has 0 radical (unpaired) electrons. The summed E-state index contributed by atoms with van der Waals surface area (Å²) >= 11 is 6.44. The molecule has 20 heavy (non-hydrogen) atoms. The molecule has 0 aliphatic carbocycles. The summed E-state index contributed by atoms with van der Waals surface area (Å²) in [5.41, 5.74) is 4.45. The van der Waals surface area contributed by atoms with Crippen LogP contribution in [0.2, 0.25) is 5.02 Å². The fourth-order valence-electron chi connectivity index (χ4n) is 2.43. The minimum absolute atomic E-state index is 0.265. The Kier molecular flexibility index (Phi) is 4.84. The second-order valence-corrected chi connectivity index (χ2v) is 5.41. The van der Waals surface area contributed by atoms with Gasteiger partial charge in [-0.1, -0.05) is 30.7 Å². The van der Waals surface area contributed by atoms with Crippen molar-refractivity contribution in [3.05, 3.63) is 40.7 Å². The van der Waals surface area contributed by atoms with Gasteiger partial charge in [-0.3, -0.25) is 4.68 Å². The quantitative estimate of drug-likeness (QED) is 0.894. The molecule has 1 atom stereocenters. The van der Waals surface area contributed by atoms with Gasteiger partial charge in [0.25, 0.3) is 0 Å². The molecular formula is C16H22ClN3. The molecule has 1 heterocycles. The van der Waals surface area contributed by atoms with E-state index in [0.717, 1.165) is 40.5 Å². The van der Waals surface area contributed by atoms with E-state index in [4.69, 9.17) is 11.6 Å². The Bertz CT molecular complexity index is 589. The van der Waals surface area contributed by atoms with Crippen LogP contribution < -0.4 is 5.32 Å². The number of hydrogen-bond donors (Lipinski definition) is 1. The van der Waals surface area contributed by atoms with Gasteiger partial charge in [0.15, 0.2) is 0 Å². The molecule has 2 rings (SSSR count). The average Bonchev–Trinajstić information content (AvgIpc) is 2.80. The number of hydrogen-bond acceptors (Lipinski definition) is 2. The highest BCUT2D eigenvalue weighted by Crippen LogP contribution is 2.30. The highest BCUT2D eigenvalue weighted by molar-refractivity contribution is 6.31. The van der Waals surface area contributed by atoms with E-state index < -0.39 is 0 Å². The third-order valence-corrected chi connectivity index (χ3v) is 3.89. The standard InChI is InChI=1S/C16H22ClN3/c1-5-18-11(3)14-8-7-13(9-16(14)17)15-10-20(6-2)19-12(15)4/h7-11,18H,5-6H2,1-4H3. The van der Waals surface area contributed by atoms with Crippen molar-refractivity contribution in [2.24, 2.45) is 0 Å². The summed E-state index contributed by atoms with van der Waals surface area (Å²) < 4.78 is 1.95. The second-order valence-electron chi connectivity index (χ2n) is 5.00. The lowest BCUT2D eigenvalue weighted by Crippen LogP contribution is -2.17. The van der Waals surface area contributed by atoms with Gasteiger partial charge in [-0.05, 0) is 44.5 Å². The van der Waals surface area contributed by atoms with Gasteiger partial charge in [-0.25, -0.2) is 0 Å². The predicted molar refractivity (Wildman–Crippen MR) is 85.2 cm³/mol. The van der Waals surface area contributed by atoms with Crippen LogP contribution in [0.1, 0.15) is 38.1 Å². The number of halogens is 1. The van der Waals surface area contributed by atoms with E-state index in [2.05, 4.69) is 49.5 Å². The Morgan fingerprint density at radius 2 is 2.10 bits per heavy atom. The summed E-state index contributed by atoms with van der Waals surface area (Å²) in [6.45, 7) is 10.2. The molecule has 0 saturated heterocycles. The molecule has 0 saturated carbocycles. The first-order chi connectivity index (χ1) is 9.56. The molecule has 0 fully saturated rings. The van der Waals surface area contributed by atoms with Crippen molar-refractivity contribution >= 4 is 11.6 Å². The Balaban J connectivity index is 2.35. The van der Waals surface area contributed by atoms with E-state index in [1.54, 1.807) is 0 Å². The predicted octanol–water partition coefficient (Wildman–Crippen LogP) is 4.20. The first-order valence-electron chi connectivity index (χ1n) is 7.14. The van der Waals surface area contributed by atoms with Crippen molar-refractivity contribution < 1.29 is 0 Å². The largest absolute Gasteiger partial charge is 0.310 e. The number of rotatable bonds is 5. The van der Waals surface area contributed by atoms with E-state index in [-0.39, 0.29) is 6.04 Å². The van der Waals surface area contributed by atoms with E-state index in [0.29, 0.717) is 0 Å². The summed E-state index contributed by atoms with van der Waals surface area (Å²) in [7, 11) is 0. The topological polar surface area (TPSA) is 29.9 Å². The molecule has 0 aliphatic rings. The fourth-order valence-corrected chi connectivity index (χ4v) is 2.77. The van der Waals surface area contributed by atoms with Crippen LogP contribution in [0.4, 0.5) is 0 Å². The average molecular weight is 292 g/mol. The minimum atomic E-state index is 0.265. The normalized spacial score (nSPS) is 12.7. The Labute approximate surface area is 126 Å². The molecule has 1 N–H and O–H groups in total. The number of benzene rings is 1. The van der Waals surface area contributed by atoms with E-state index in [1.165, 1.54) is 0 Å². The summed E-state index contributed by atoms with van der Waals surface area (Å²) in [4.78, 5) is 0. The molecule has 0 amide bonds. The first-order valence-corrected chi connectivity index (χ1v) is 7.51. The van der Waals surface area contributed by atoms with Crippen LogP contribution in [-0.4, -0.2) is 16.3 Å². The number of nitrogens with one attached hydrogen (secondary N) is 1. The summed E-state index contributed by atoms with van der Waals surface area (Å²) in [6, 6.07) is 6.53. The van der Waals surface area contributed by atoms with Gasteiger partial charge in [-0.2, -0.15) is 5.10 Å². The maximum absolute atomic E-state index is 6.44. The van der Waals surface area contributed by atoms with Crippen molar-refractivity contribution in [1.29, 1.82) is 0 Å². The van der Waals surface area contributed by atoms with E-state index in [1.807, 2.05) is 17.7 Å². The Morgan fingerprint density at radius 3 is 2.65 bits per heavy atom. The summed E-state index contributed by atoms with van der Waals surface area (Å²) in [6.07, 6.45) is 2.08. The van der Waals surface area contributed by atoms with Crippen molar-refractivity contribution in [3.8, 4) is 11.1 Å². The van der Waals surface area contributed by atoms with Gasteiger partial charge in [0.2, 0.25) is 0 Å². The third kappa shape index (κ3) is 3.05. The lowest BCUT2D eigenvalue weighted by atomic mass is 10.0. The zero-order valence-corrected chi connectivity index (χ0v) is 13.3. The Hall–Kier alpha value is -1.32. The van der Waals surface area contributed by atoms with Gasteiger partial charge < -0.3 is 5.32 Å². The van der Waals surface area contributed by atoms with Gasteiger partial charge in [0.1, 0.15) is 0 Å². The number of aromatic nitrogens is 2. The van der Waals surface area contributed by atoms with Crippen molar-refractivity contribution in [2.75, 3.05) is 6.54 Å². The zero-order chi connectivity index (χ0) is 14.7. The van der Waals surface area contributed by atoms with Crippen molar-refractivity contribution in [3.63, 3.8) is 0 Å². The van der Waals surface area contributed by atoms with Crippen LogP contribution in [-0.2, 0) is 6.54 Å². The smallest absolute Gasteiger partial charge is 0.0672 e. The molecule has 0 spiro atoms. The fraction of sp³-hybridized carbons (Fsp3) is 0.438. The highest BCUT2D eigenvalue weighted by Gasteiger charge is 2.12. The molecule has 3 nitrogen and oxygen atoms in total. The third-order valence-electron chi connectivity index (χ3n) is 3.56. The maximum Gasteiger partial charge on any atom is 0.0672 e. The van der Waals surface area contributed by atoms with Crippen LogP contribution in [0.15, 0.2) is 24.4 Å². The summed E-state index contributed by atoms with van der Waals surface area (Å²) in [5, 5.41) is 8.67. The SMILES string of the molecule is CCNC(C)c1ccc(-c2cn(CC)nc2C)cc1Cl. The van der Waals surface area contributed by atoms with Gasteiger partial charge in [-0.15, -0.1) is 0 Å². The van der Waals surface area contributed by atoms with Crippen LogP contribution in [0.25, 0.3) is 11.1 Å². The van der Waals surface area contributed by atoms with Gasteiger partial charge in [0.05, 0.1) is 5.69 Å². The zero-order valence-electron chi connectivity index (χ0n) is 12.6. The molecule has 108 valence electrons. The summed E-state index contributed by atoms with van der Waals surface area (Å²) in [5.74, 6) is 0. The molecule has 0 bridgehead atoms. The van der Waals surface area contributed by atoms with Crippen LogP contribution >= 0.6 is 11.6 Å².